The minimum absolute atomic E-state index is 0.297. The molecule has 16 heavy (non-hydrogen) atoms. The lowest BCUT2D eigenvalue weighted by atomic mass is 9.78. The zero-order valence-electron chi connectivity index (χ0n) is 9.22. The number of rotatable bonds is 5. The van der Waals surface area contributed by atoms with Crippen LogP contribution in [0, 0.1) is 5.92 Å². The van der Waals surface area contributed by atoms with Gasteiger partial charge in [0.2, 0.25) is 0 Å². The fraction of sp³-hybridized carbons (Fsp3) is 0.455. The predicted octanol–water partition coefficient (Wildman–Crippen LogP) is 0.164. The molecule has 5 heteroatoms. The van der Waals surface area contributed by atoms with Crippen LogP contribution in [0.3, 0.4) is 0 Å². The molecule has 1 fully saturated rings. The highest BCUT2D eigenvalue weighted by Gasteiger charge is 2.26. The minimum atomic E-state index is -1.58. The van der Waals surface area contributed by atoms with Gasteiger partial charge in [0, 0.05) is 0 Å². The van der Waals surface area contributed by atoms with Gasteiger partial charge in [-0.2, -0.15) is 0 Å². The first-order chi connectivity index (χ1) is 7.72. The lowest BCUT2D eigenvalue weighted by Crippen LogP contribution is -2.33. The van der Waals surface area contributed by atoms with Gasteiger partial charge in [-0.05, 0) is 30.9 Å². The highest BCUT2D eigenvalue weighted by Crippen LogP contribution is 2.29. The summed E-state index contributed by atoms with van der Waals surface area (Å²) in [5, 5.41) is 18.6. The standard InChI is InChI=1S/C11H15BO4/c1-15-9-3-2-4-10(11(9)12(13)14)16-7-8-5-6-8/h2-4,8,13-14H,5-7H2,1H3. The molecule has 1 aromatic carbocycles. The second kappa shape index (κ2) is 4.76. The Hall–Kier alpha value is -1.20. The van der Waals surface area contributed by atoms with Gasteiger partial charge in [0.25, 0.3) is 0 Å². The molecule has 0 unspecified atom stereocenters. The summed E-state index contributed by atoms with van der Waals surface area (Å²) in [6, 6.07) is 5.17. The second-order valence-electron chi connectivity index (χ2n) is 4.00. The van der Waals surface area contributed by atoms with E-state index in [1.165, 1.54) is 20.0 Å². The van der Waals surface area contributed by atoms with E-state index >= 15 is 0 Å². The van der Waals surface area contributed by atoms with Crippen molar-refractivity contribution >= 4 is 12.6 Å². The van der Waals surface area contributed by atoms with Crippen LogP contribution in [0.5, 0.6) is 11.5 Å². The Balaban J connectivity index is 2.19. The van der Waals surface area contributed by atoms with Crippen LogP contribution in [0.4, 0.5) is 0 Å². The van der Waals surface area contributed by atoms with Crippen LogP contribution >= 0.6 is 0 Å². The number of hydrogen-bond acceptors (Lipinski definition) is 4. The molecular formula is C11H15BO4. The topological polar surface area (TPSA) is 58.9 Å². The summed E-state index contributed by atoms with van der Waals surface area (Å²) in [4.78, 5) is 0. The first-order valence-electron chi connectivity index (χ1n) is 5.38. The van der Waals surface area contributed by atoms with E-state index in [9.17, 15) is 10.0 Å². The molecular weight excluding hydrogens is 207 g/mol. The molecule has 0 saturated heterocycles. The van der Waals surface area contributed by atoms with Crippen molar-refractivity contribution in [2.45, 2.75) is 12.8 Å². The lowest BCUT2D eigenvalue weighted by Gasteiger charge is -2.13. The maximum absolute atomic E-state index is 9.29. The first-order valence-corrected chi connectivity index (χ1v) is 5.38. The molecule has 0 heterocycles. The van der Waals surface area contributed by atoms with E-state index in [1.54, 1.807) is 18.2 Å². The Labute approximate surface area is 95.0 Å². The molecule has 0 bridgehead atoms. The number of hydrogen-bond donors (Lipinski definition) is 2. The van der Waals surface area contributed by atoms with E-state index in [-0.39, 0.29) is 0 Å². The van der Waals surface area contributed by atoms with Crippen molar-refractivity contribution in [3.63, 3.8) is 0 Å². The average Bonchev–Trinajstić information content (AvgIpc) is 3.09. The summed E-state index contributed by atoms with van der Waals surface area (Å²) in [6.45, 7) is 0.632. The third-order valence-corrected chi connectivity index (χ3v) is 2.68. The van der Waals surface area contributed by atoms with Crippen molar-refractivity contribution in [3.8, 4) is 11.5 Å². The van der Waals surface area contributed by atoms with Gasteiger partial charge in [-0.1, -0.05) is 6.07 Å². The molecule has 0 atom stereocenters. The Morgan fingerprint density at radius 2 is 2.00 bits per heavy atom. The van der Waals surface area contributed by atoms with E-state index in [0.29, 0.717) is 29.5 Å². The summed E-state index contributed by atoms with van der Waals surface area (Å²) < 4.78 is 10.6. The zero-order valence-corrected chi connectivity index (χ0v) is 9.22. The highest BCUT2D eigenvalue weighted by molar-refractivity contribution is 6.60. The van der Waals surface area contributed by atoms with Gasteiger partial charge < -0.3 is 19.5 Å². The van der Waals surface area contributed by atoms with E-state index < -0.39 is 7.12 Å². The average molecular weight is 222 g/mol. The Bertz CT molecular complexity index is 363. The smallest absolute Gasteiger partial charge is 0.496 e. The molecule has 86 valence electrons. The van der Waals surface area contributed by atoms with Crippen LogP contribution < -0.4 is 14.9 Å². The lowest BCUT2D eigenvalue weighted by molar-refractivity contribution is 0.298. The van der Waals surface area contributed by atoms with Crippen LogP contribution in [0.1, 0.15) is 12.8 Å². The molecule has 2 N–H and O–H groups in total. The van der Waals surface area contributed by atoms with Gasteiger partial charge in [-0.3, -0.25) is 0 Å². The number of ether oxygens (including phenoxy) is 2. The Morgan fingerprint density at radius 3 is 2.56 bits per heavy atom. The fourth-order valence-electron chi connectivity index (χ4n) is 1.57. The van der Waals surface area contributed by atoms with E-state index in [4.69, 9.17) is 9.47 Å². The quantitative estimate of drug-likeness (QED) is 0.697. The minimum Gasteiger partial charge on any atom is -0.497 e. The molecule has 1 saturated carbocycles. The maximum Gasteiger partial charge on any atom is 0.496 e. The van der Waals surface area contributed by atoms with Gasteiger partial charge >= 0.3 is 7.12 Å². The van der Waals surface area contributed by atoms with Gasteiger partial charge in [0.15, 0.2) is 0 Å². The molecule has 0 aromatic heterocycles. The van der Waals surface area contributed by atoms with Crippen LogP contribution in [-0.4, -0.2) is 30.9 Å². The van der Waals surface area contributed by atoms with Crippen LogP contribution in [0.25, 0.3) is 0 Å². The zero-order chi connectivity index (χ0) is 11.5. The SMILES string of the molecule is COc1cccc(OCC2CC2)c1B(O)O. The summed E-state index contributed by atoms with van der Waals surface area (Å²) in [5.41, 5.74) is 0.297. The molecule has 4 nitrogen and oxygen atoms in total. The molecule has 1 aromatic rings. The van der Waals surface area contributed by atoms with Crippen molar-refractivity contribution in [1.29, 1.82) is 0 Å². The fourth-order valence-corrected chi connectivity index (χ4v) is 1.57. The third-order valence-electron chi connectivity index (χ3n) is 2.68. The van der Waals surface area contributed by atoms with Gasteiger partial charge in [-0.15, -0.1) is 0 Å². The summed E-state index contributed by atoms with van der Waals surface area (Å²) >= 11 is 0. The monoisotopic (exact) mass is 222 g/mol. The van der Waals surface area contributed by atoms with E-state index in [1.807, 2.05) is 0 Å². The third kappa shape index (κ3) is 2.48. The van der Waals surface area contributed by atoms with Crippen molar-refractivity contribution < 1.29 is 19.5 Å². The van der Waals surface area contributed by atoms with Crippen molar-refractivity contribution in [3.05, 3.63) is 18.2 Å². The molecule has 2 rings (SSSR count). The molecule has 0 aliphatic heterocycles. The first kappa shape index (κ1) is 11.3. The van der Waals surface area contributed by atoms with Crippen molar-refractivity contribution in [1.82, 2.24) is 0 Å². The van der Waals surface area contributed by atoms with E-state index in [0.717, 1.165) is 0 Å². The summed E-state index contributed by atoms with van der Waals surface area (Å²) in [5.74, 6) is 1.54. The van der Waals surface area contributed by atoms with Gasteiger partial charge in [0.05, 0.1) is 19.2 Å². The predicted molar refractivity (Wildman–Crippen MR) is 61.0 cm³/mol. The van der Waals surface area contributed by atoms with Gasteiger partial charge in [-0.25, -0.2) is 0 Å². The van der Waals surface area contributed by atoms with Gasteiger partial charge in [0.1, 0.15) is 11.5 Å². The molecule has 1 aliphatic rings. The number of methoxy groups -OCH3 is 1. The number of benzene rings is 1. The summed E-state index contributed by atoms with van der Waals surface area (Å²) in [6.07, 6.45) is 2.39. The molecule has 1 aliphatic carbocycles. The van der Waals surface area contributed by atoms with E-state index in [2.05, 4.69) is 0 Å². The Kier molecular flexibility index (Phi) is 3.36. The molecule has 0 radical (unpaired) electrons. The van der Waals surface area contributed by atoms with Crippen LogP contribution in [-0.2, 0) is 0 Å². The second-order valence-corrected chi connectivity index (χ2v) is 4.00. The summed E-state index contributed by atoms with van der Waals surface area (Å²) in [7, 11) is -0.0864. The van der Waals surface area contributed by atoms with Crippen LogP contribution in [0.15, 0.2) is 18.2 Å². The normalized spacial score (nSPS) is 14.7. The van der Waals surface area contributed by atoms with Crippen molar-refractivity contribution in [2.75, 3.05) is 13.7 Å². The van der Waals surface area contributed by atoms with Crippen LogP contribution in [0.2, 0.25) is 0 Å². The maximum atomic E-state index is 9.29. The molecule has 0 spiro atoms. The molecule has 0 amide bonds. The largest absolute Gasteiger partial charge is 0.497 e. The van der Waals surface area contributed by atoms with Crippen molar-refractivity contribution in [2.24, 2.45) is 5.92 Å². The highest BCUT2D eigenvalue weighted by atomic mass is 16.5. The Morgan fingerprint density at radius 1 is 1.31 bits per heavy atom.